The maximum Gasteiger partial charge on any atom is 0.336 e. The summed E-state index contributed by atoms with van der Waals surface area (Å²) in [7, 11) is 0. The van der Waals surface area contributed by atoms with Gasteiger partial charge in [-0.05, 0) is 6.07 Å². The summed E-state index contributed by atoms with van der Waals surface area (Å²) in [6.45, 7) is -0.434. The highest BCUT2D eigenvalue weighted by Gasteiger charge is 2.43. The van der Waals surface area contributed by atoms with Gasteiger partial charge in [0.1, 0.15) is 24.0 Å². The van der Waals surface area contributed by atoms with Crippen molar-refractivity contribution in [2.45, 2.75) is 24.5 Å². The molecule has 0 aromatic carbocycles. The number of hydrogen-bond acceptors (Lipinski definition) is 6. The molecule has 0 bridgehead atoms. The number of hydrogen-bond donors (Lipinski definition) is 3. The monoisotopic (exact) mass is 267 g/mol. The van der Waals surface area contributed by atoms with Gasteiger partial charge in [0.15, 0.2) is 6.23 Å². The van der Waals surface area contributed by atoms with E-state index in [9.17, 15) is 15.0 Å². The molecule has 0 radical (unpaired) electrons. The third kappa shape index (κ3) is 1.77. The number of aliphatic hydroxyl groups is 3. The molecule has 19 heavy (non-hydrogen) atoms. The maximum absolute atomic E-state index is 12.2. The Labute approximate surface area is 107 Å². The lowest BCUT2D eigenvalue weighted by atomic mass is 10.1. The molecule has 0 amide bonds. The smallest absolute Gasteiger partial charge is 0.336 e. The van der Waals surface area contributed by atoms with Crippen molar-refractivity contribution in [2.75, 3.05) is 6.61 Å². The quantitative estimate of drug-likeness (QED) is 0.587. The molecule has 3 rings (SSSR count). The lowest BCUT2D eigenvalue weighted by molar-refractivity contribution is -0.0550. The summed E-state index contributed by atoms with van der Waals surface area (Å²) in [5.41, 5.74) is 0.0397. The molecule has 1 fully saturated rings. The van der Waals surface area contributed by atoms with Crippen LogP contribution in [0.3, 0.4) is 0 Å². The van der Waals surface area contributed by atoms with Gasteiger partial charge in [-0.25, -0.2) is 9.78 Å². The second-order valence-corrected chi connectivity index (χ2v) is 4.39. The molecule has 102 valence electrons. The van der Waals surface area contributed by atoms with E-state index in [4.69, 9.17) is 9.84 Å². The Morgan fingerprint density at radius 1 is 1.32 bits per heavy atom. The van der Waals surface area contributed by atoms with Crippen LogP contribution < -0.4 is 5.69 Å². The van der Waals surface area contributed by atoms with Crippen molar-refractivity contribution in [3.63, 3.8) is 0 Å². The van der Waals surface area contributed by atoms with E-state index in [-0.39, 0.29) is 0 Å². The number of nitrogens with zero attached hydrogens (tertiary/aromatic N) is 3. The molecule has 1 saturated heterocycles. The van der Waals surface area contributed by atoms with Crippen LogP contribution in [0, 0.1) is 0 Å². The molecule has 3 N–H and O–H groups in total. The minimum atomic E-state index is -1.28. The fourth-order valence-corrected chi connectivity index (χ4v) is 2.24. The van der Waals surface area contributed by atoms with E-state index >= 15 is 0 Å². The largest absolute Gasteiger partial charge is 0.394 e. The molecule has 1 aliphatic heterocycles. The van der Waals surface area contributed by atoms with Crippen LogP contribution in [-0.2, 0) is 4.74 Å². The average molecular weight is 267 g/mol. The first-order valence-corrected chi connectivity index (χ1v) is 5.80. The highest BCUT2D eigenvalue weighted by molar-refractivity contribution is 5.35. The van der Waals surface area contributed by atoms with Gasteiger partial charge in [0.25, 0.3) is 0 Å². The zero-order valence-electron chi connectivity index (χ0n) is 9.83. The van der Waals surface area contributed by atoms with Gasteiger partial charge in [-0.3, -0.25) is 8.97 Å². The molecule has 4 atom stereocenters. The Kier molecular flexibility index (Phi) is 2.86. The van der Waals surface area contributed by atoms with Gasteiger partial charge in [-0.2, -0.15) is 0 Å². The lowest BCUT2D eigenvalue weighted by Crippen LogP contribution is -2.36. The van der Waals surface area contributed by atoms with Crippen LogP contribution in [0.5, 0.6) is 0 Å². The highest BCUT2D eigenvalue weighted by atomic mass is 16.6. The van der Waals surface area contributed by atoms with Crippen molar-refractivity contribution in [3.05, 3.63) is 35.1 Å². The summed E-state index contributed by atoms with van der Waals surface area (Å²) >= 11 is 0. The summed E-state index contributed by atoms with van der Waals surface area (Å²) in [5.74, 6) is 0. The number of rotatable bonds is 2. The van der Waals surface area contributed by atoms with Gasteiger partial charge in [0, 0.05) is 18.6 Å². The van der Waals surface area contributed by atoms with Crippen LogP contribution in [0.25, 0.3) is 5.65 Å². The fraction of sp³-hybridized carbons (Fsp3) is 0.455. The first-order valence-electron chi connectivity index (χ1n) is 5.80. The van der Waals surface area contributed by atoms with Gasteiger partial charge >= 0.3 is 5.69 Å². The number of aromatic nitrogens is 3. The van der Waals surface area contributed by atoms with Crippen LogP contribution in [0.4, 0.5) is 0 Å². The fourth-order valence-electron chi connectivity index (χ4n) is 2.24. The second kappa shape index (κ2) is 4.42. The van der Waals surface area contributed by atoms with E-state index < -0.39 is 36.8 Å². The SMILES string of the molecule is O=c1n([C@@H]2O[C@H](CO)[C@H](O)C2O)ccc2nccn12. The van der Waals surface area contributed by atoms with E-state index in [0.717, 1.165) is 4.57 Å². The standard InChI is InChI=1S/C11H13N3O5/c15-5-6-8(16)9(17)10(19-6)14-3-1-7-12-2-4-13(7)11(14)18/h1-4,6,8-10,15-17H,5H2/t6-,8+,9?,10-/m1/s1. The van der Waals surface area contributed by atoms with Crippen molar-refractivity contribution in [2.24, 2.45) is 0 Å². The van der Waals surface area contributed by atoms with Crippen LogP contribution in [-0.4, -0.2) is 54.2 Å². The zero-order valence-corrected chi connectivity index (χ0v) is 9.83. The Hall–Kier alpha value is -1.74. The molecule has 8 heteroatoms. The summed E-state index contributed by atoms with van der Waals surface area (Å²) < 4.78 is 7.77. The number of ether oxygens (including phenoxy) is 1. The Morgan fingerprint density at radius 3 is 2.79 bits per heavy atom. The third-order valence-electron chi connectivity index (χ3n) is 3.27. The Bertz CT molecular complexity index is 651. The molecule has 1 aliphatic rings. The van der Waals surface area contributed by atoms with Gasteiger partial charge < -0.3 is 20.1 Å². The molecule has 3 heterocycles. The maximum atomic E-state index is 12.2. The third-order valence-corrected chi connectivity index (χ3v) is 3.27. The van der Waals surface area contributed by atoms with Gasteiger partial charge in [0.05, 0.1) is 6.61 Å². The van der Waals surface area contributed by atoms with E-state index in [1.807, 2.05) is 0 Å². The van der Waals surface area contributed by atoms with Crippen molar-refractivity contribution in [1.29, 1.82) is 0 Å². The first kappa shape index (κ1) is 12.3. The Morgan fingerprint density at radius 2 is 2.11 bits per heavy atom. The average Bonchev–Trinajstić information content (AvgIpc) is 2.98. The van der Waals surface area contributed by atoms with Crippen LogP contribution >= 0.6 is 0 Å². The second-order valence-electron chi connectivity index (χ2n) is 4.39. The van der Waals surface area contributed by atoms with Crippen molar-refractivity contribution in [1.82, 2.24) is 14.0 Å². The number of fused-ring (bicyclic) bond motifs is 1. The van der Waals surface area contributed by atoms with Crippen LogP contribution in [0.1, 0.15) is 6.23 Å². The zero-order chi connectivity index (χ0) is 13.6. The highest BCUT2D eigenvalue weighted by Crippen LogP contribution is 2.27. The predicted molar refractivity (Wildman–Crippen MR) is 62.5 cm³/mol. The number of aliphatic hydroxyl groups excluding tert-OH is 3. The summed E-state index contributed by atoms with van der Waals surface area (Å²) in [6.07, 6.45) is -0.0492. The van der Waals surface area contributed by atoms with Crippen molar-refractivity contribution >= 4 is 5.65 Å². The topological polar surface area (TPSA) is 109 Å². The van der Waals surface area contributed by atoms with Crippen molar-refractivity contribution < 1.29 is 20.1 Å². The molecule has 0 saturated carbocycles. The number of imidazole rings is 1. The normalized spacial score (nSPS) is 31.1. The molecule has 0 aliphatic carbocycles. The minimum absolute atomic E-state index is 0.434. The lowest BCUT2D eigenvalue weighted by Gasteiger charge is -2.17. The van der Waals surface area contributed by atoms with Gasteiger partial charge in [0.2, 0.25) is 0 Å². The Balaban J connectivity index is 2.05. The molecular formula is C11H13N3O5. The molecule has 2 aromatic rings. The summed E-state index contributed by atoms with van der Waals surface area (Å²) in [4.78, 5) is 16.1. The minimum Gasteiger partial charge on any atom is -0.394 e. The van der Waals surface area contributed by atoms with Gasteiger partial charge in [-0.1, -0.05) is 0 Å². The molecule has 0 spiro atoms. The summed E-state index contributed by atoms with van der Waals surface area (Å²) in [6, 6.07) is 1.59. The molecule has 8 nitrogen and oxygen atoms in total. The summed E-state index contributed by atoms with van der Waals surface area (Å²) in [5, 5.41) is 28.6. The molecule has 1 unspecified atom stereocenters. The van der Waals surface area contributed by atoms with E-state index in [0.29, 0.717) is 5.65 Å². The van der Waals surface area contributed by atoms with E-state index in [2.05, 4.69) is 4.98 Å². The van der Waals surface area contributed by atoms with Gasteiger partial charge in [-0.15, -0.1) is 0 Å². The molecule has 2 aromatic heterocycles. The first-order chi connectivity index (χ1) is 9.13. The van der Waals surface area contributed by atoms with E-state index in [1.165, 1.54) is 23.0 Å². The molecular weight excluding hydrogens is 254 g/mol. The van der Waals surface area contributed by atoms with E-state index in [1.54, 1.807) is 6.07 Å². The van der Waals surface area contributed by atoms with Crippen LogP contribution in [0.15, 0.2) is 29.5 Å². The predicted octanol–water partition coefficient (Wildman–Crippen LogP) is -1.89. The van der Waals surface area contributed by atoms with Crippen LogP contribution in [0.2, 0.25) is 0 Å². The van der Waals surface area contributed by atoms with Crippen molar-refractivity contribution in [3.8, 4) is 0 Å².